The first-order valence-electron chi connectivity index (χ1n) is 5.37. The van der Waals surface area contributed by atoms with Gasteiger partial charge in [0.25, 0.3) is 0 Å². The number of rotatable bonds is 3. The Morgan fingerprint density at radius 3 is 2.79 bits per heavy atom. The van der Waals surface area contributed by atoms with Crippen LogP contribution in [-0.4, -0.2) is 15.8 Å². The molecule has 0 aromatic carbocycles. The minimum absolute atomic E-state index is 0.740. The van der Waals surface area contributed by atoms with Gasteiger partial charge in [-0.3, -0.25) is 4.68 Å². The molecule has 1 aromatic heterocycles. The average Bonchev–Trinajstić information content (AvgIpc) is 2.37. The van der Waals surface area contributed by atoms with E-state index in [1.165, 1.54) is 18.4 Å². The molecule has 1 aromatic rings. The lowest BCUT2D eigenvalue weighted by Gasteiger charge is -2.33. The van der Waals surface area contributed by atoms with Gasteiger partial charge in [0, 0.05) is 31.4 Å². The monoisotopic (exact) mass is 193 g/mol. The predicted octanol–water partition coefficient (Wildman–Crippen LogP) is 1.62. The summed E-state index contributed by atoms with van der Waals surface area (Å²) in [4.78, 5) is 0. The molecule has 0 amide bonds. The van der Waals surface area contributed by atoms with Crippen molar-refractivity contribution in [2.45, 2.75) is 39.3 Å². The number of nitrogens with zero attached hydrogens (tertiary/aromatic N) is 2. The van der Waals surface area contributed by atoms with E-state index in [1.807, 2.05) is 11.7 Å². The third-order valence-corrected chi connectivity index (χ3v) is 3.07. The van der Waals surface area contributed by atoms with Gasteiger partial charge < -0.3 is 5.32 Å². The molecule has 1 saturated carbocycles. The molecule has 3 heteroatoms. The second-order valence-electron chi connectivity index (χ2n) is 4.57. The molecular formula is C11H19N3. The summed E-state index contributed by atoms with van der Waals surface area (Å²) in [6.07, 6.45) is 4.77. The summed E-state index contributed by atoms with van der Waals surface area (Å²) in [6.45, 7) is 5.35. The maximum Gasteiger partial charge on any atom is 0.0638 e. The summed E-state index contributed by atoms with van der Waals surface area (Å²) < 4.78 is 1.88. The van der Waals surface area contributed by atoms with Crippen LogP contribution in [0, 0.1) is 12.8 Å². The lowest BCUT2D eigenvalue weighted by Crippen LogP contribution is -2.39. The largest absolute Gasteiger partial charge is 0.310 e. The van der Waals surface area contributed by atoms with Gasteiger partial charge in [-0.1, -0.05) is 6.92 Å². The van der Waals surface area contributed by atoms with Crippen LogP contribution in [0.2, 0.25) is 0 Å². The van der Waals surface area contributed by atoms with Crippen molar-refractivity contribution in [2.24, 2.45) is 13.0 Å². The standard InChI is InChI=1S/C11H19N3/c1-8-4-11(5-8)12-6-10-7-14(3)13-9(10)2/h7-8,11-12H,4-6H2,1-3H3. The molecule has 14 heavy (non-hydrogen) atoms. The highest BCUT2D eigenvalue weighted by Gasteiger charge is 2.24. The molecule has 0 radical (unpaired) electrons. The van der Waals surface area contributed by atoms with Crippen molar-refractivity contribution in [1.82, 2.24) is 15.1 Å². The van der Waals surface area contributed by atoms with Crippen molar-refractivity contribution >= 4 is 0 Å². The van der Waals surface area contributed by atoms with Gasteiger partial charge in [-0.2, -0.15) is 5.10 Å². The van der Waals surface area contributed by atoms with E-state index in [9.17, 15) is 0 Å². The first-order valence-corrected chi connectivity index (χ1v) is 5.37. The summed E-state index contributed by atoms with van der Waals surface area (Å²) in [5, 5.41) is 7.89. The van der Waals surface area contributed by atoms with Gasteiger partial charge in [0.05, 0.1) is 5.69 Å². The Hall–Kier alpha value is -0.830. The Balaban J connectivity index is 1.83. The topological polar surface area (TPSA) is 29.9 Å². The fourth-order valence-electron chi connectivity index (χ4n) is 2.15. The zero-order valence-electron chi connectivity index (χ0n) is 9.25. The normalized spacial score (nSPS) is 26.2. The first-order chi connectivity index (χ1) is 6.65. The SMILES string of the molecule is Cc1nn(C)cc1CNC1CC(C)C1. The van der Waals surface area contributed by atoms with Gasteiger partial charge in [-0.15, -0.1) is 0 Å². The van der Waals surface area contributed by atoms with Crippen LogP contribution in [0.3, 0.4) is 0 Å². The van der Waals surface area contributed by atoms with E-state index in [-0.39, 0.29) is 0 Å². The van der Waals surface area contributed by atoms with Crippen LogP contribution in [-0.2, 0) is 13.6 Å². The molecule has 1 aliphatic rings. The quantitative estimate of drug-likeness (QED) is 0.790. The van der Waals surface area contributed by atoms with Crippen molar-refractivity contribution in [2.75, 3.05) is 0 Å². The van der Waals surface area contributed by atoms with E-state index in [0.29, 0.717) is 0 Å². The van der Waals surface area contributed by atoms with Gasteiger partial charge >= 0.3 is 0 Å². The number of aryl methyl sites for hydroxylation is 2. The van der Waals surface area contributed by atoms with Crippen LogP contribution in [0.25, 0.3) is 0 Å². The zero-order chi connectivity index (χ0) is 10.1. The summed E-state index contributed by atoms with van der Waals surface area (Å²) in [5.41, 5.74) is 2.47. The molecule has 0 aliphatic heterocycles. The molecule has 78 valence electrons. The van der Waals surface area contributed by atoms with Gasteiger partial charge in [-0.25, -0.2) is 0 Å². The van der Waals surface area contributed by atoms with Gasteiger partial charge in [0.1, 0.15) is 0 Å². The van der Waals surface area contributed by atoms with Crippen molar-refractivity contribution in [3.63, 3.8) is 0 Å². The Morgan fingerprint density at radius 1 is 1.57 bits per heavy atom. The van der Waals surface area contributed by atoms with E-state index in [1.54, 1.807) is 0 Å². The molecular weight excluding hydrogens is 174 g/mol. The maximum absolute atomic E-state index is 4.32. The van der Waals surface area contributed by atoms with Crippen LogP contribution in [0.1, 0.15) is 31.0 Å². The Labute approximate surface area is 85.5 Å². The van der Waals surface area contributed by atoms with E-state index in [2.05, 4.69) is 30.5 Å². The van der Waals surface area contributed by atoms with Crippen LogP contribution < -0.4 is 5.32 Å². The van der Waals surface area contributed by atoms with Crippen LogP contribution in [0.5, 0.6) is 0 Å². The number of hydrogen-bond donors (Lipinski definition) is 1. The van der Waals surface area contributed by atoms with E-state index < -0.39 is 0 Å². The minimum Gasteiger partial charge on any atom is -0.310 e. The number of nitrogens with one attached hydrogen (secondary N) is 1. The minimum atomic E-state index is 0.740. The van der Waals surface area contributed by atoms with Gasteiger partial charge in [-0.05, 0) is 25.7 Å². The van der Waals surface area contributed by atoms with Crippen LogP contribution >= 0.6 is 0 Å². The third-order valence-electron chi connectivity index (χ3n) is 3.07. The van der Waals surface area contributed by atoms with Crippen molar-refractivity contribution in [3.05, 3.63) is 17.5 Å². The van der Waals surface area contributed by atoms with Crippen molar-refractivity contribution < 1.29 is 0 Å². The first kappa shape index (κ1) is 9.71. The molecule has 1 N–H and O–H groups in total. The second kappa shape index (κ2) is 3.73. The molecule has 1 fully saturated rings. The van der Waals surface area contributed by atoms with E-state index in [4.69, 9.17) is 0 Å². The molecule has 0 bridgehead atoms. The van der Waals surface area contributed by atoms with Crippen molar-refractivity contribution in [3.8, 4) is 0 Å². The second-order valence-corrected chi connectivity index (χ2v) is 4.57. The zero-order valence-corrected chi connectivity index (χ0v) is 9.25. The summed E-state index contributed by atoms with van der Waals surface area (Å²) in [6, 6.07) is 0.740. The van der Waals surface area contributed by atoms with Crippen LogP contribution in [0.4, 0.5) is 0 Å². The lowest BCUT2D eigenvalue weighted by molar-refractivity contribution is 0.240. The number of aromatic nitrogens is 2. The molecule has 3 nitrogen and oxygen atoms in total. The summed E-state index contributed by atoms with van der Waals surface area (Å²) in [5.74, 6) is 0.919. The number of hydrogen-bond acceptors (Lipinski definition) is 2. The Morgan fingerprint density at radius 2 is 2.29 bits per heavy atom. The molecule has 2 rings (SSSR count). The summed E-state index contributed by atoms with van der Waals surface area (Å²) >= 11 is 0. The van der Waals surface area contributed by atoms with E-state index in [0.717, 1.165) is 24.2 Å². The van der Waals surface area contributed by atoms with Gasteiger partial charge in [0.2, 0.25) is 0 Å². The smallest absolute Gasteiger partial charge is 0.0638 e. The average molecular weight is 193 g/mol. The molecule has 0 atom stereocenters. The van der Waals surface area contributed by atoms with Crippen LogP contribution in [0.15, 0.2) is 6.20 Å². The molecule has 1 heterocycles. The molecule has 1 aliphatic carbocycles. The Kier molecular flexibility index (Phi) is 2.59. The highest BCUT2D eigenvalue weighted by Crippen LogP contribution is 2.26. The highest BCUT2D eigenvalue weighted by atomic mass is 15.2. The highest BCUT2D eigenvalue weighted by molar-refractivity contribution is 5.15. The fourth-order valence-corrected chi connectivity index (χ4v) is 2.15. The third kappa shape index (κ3) is 1.98. The summed E-state index contributed by atoms with van der Waals surface area (Å²) in [7, 11) is 1.97. The maximum atomic E-state index is 4.32. The van der Waals surface area contributed by atoms with E-state index >= 15 is 0 Å². The van der Waals surface area contributed by atoms with Gasteiger partial charge in [0.15, 0.2) is 0 Å². The van der Waals surface area contributed by atoms with Crippen molar-refractivity contribution in [1.29, 1.82) is 0 Å². The molecule has 0 saturated heterocycles. The molecule has 0 unspecified atom stereocenters. The Bertz CT molecular complexity index is 310. The lowest BCUT2D eigenvalue weighted by atomic mass is 9.82. The predicted molar refractivity (Wildman–Crippen MR) is 57.0 cm³/mol. The molecule has 0 spiro atoms. The fraction of sp³-hybridized carbons (Fsp3) is 0.727.